The van der Waals surface area contributed by atoms with E-state index in [2.05, 4.69) is 4.98 Å². The van der Waals surface area contributed by atoms with Crippen molar-refractivity contribution in [3.05, 3.63) is 72.9 Å². The minimum absolute atomic E-state index is 0.219. The molecule has 0 amide bonds. The highest BCUT2D eigenvalue weighted by molar-refractivity contribution is 7.86. The van der Waals surface area contributed by atoms with Crippen LogP contribution in [0, 0.1) is 0 Å². The molecule has 1 aromatic heterocycles. The molecule has 140 valence electrons. The molecule has 0 aliphatic heterocycles. The third-order valence-electron chi connectivity index (χ3n) is 3.66. The van der Waals surface area contributed by atoms with Crippen molar-refractivity contribution in [2.75, 3.05) is 0 Å². The molecule has 0 saturated heterocycles. The van der Waals surface area contributed by atoms with Gasteiger partial charge in [-0.25, -0.2) is 0 Å². The van der Waals surface area contributed by atoms with E-state index >= 15 is 0 Å². The first kappa shape index (κ1) is 19.6. The summed E-state index contributed by atoms with van der Waals surface area (Å²) in [7, 11) is -9.81. The van der Waals surface area contributed by atoms with E-state index in [-0.39, 0.29) is 9.79 Å². The van der Waals surface area contributed by atoms with E-state index in [0.717, 1.165) is 16.0 Å². The van der Waals surface area contributed by atoms with E-state index in [1.807, 2.05) is 12.1 Å². The predicted octanol–water partition coefficient (Wildman–Crippen LogP) is 1.33. The molecule has 0 fully saturated rings. The molecule has 10 heteroatoms. The zero-order valence-electron chi connectivity index (χ0n) is 13.7. The van der Waals surface area contributed by atoms with Crippen molar-refractivity contribution >= 4 is 44.2 Å². The van der Waals surface area contributed by atoms with Crippen molar-refractivity contribution in [2.45, 2.75) is 9.79 Å². The zero-order chi connectivity index (χ0) is 19.7. The lowest BCUT2D eigenvalue weighted by Crippen LogP contribution is -2.23. The van der Waals surface area contributed by atoms with Crippen molar-refractivity contribution in [2.24, 2.45) is 0 Å². The average molecular weight is 423 g/mol. The molecule has 27 heavy (non-hydrogen) atoms. The molecule has 0 spiro atoms. The first-order valence-electron chi connectivity index (χ1n) is 7.52. The largest absolute Gasteiger partial charge is 0.294 e. The van der Waals surface area contributed by atoms with Gasteiger partial charge in [-0.3, -0.25) is 14.1 Å². The van der Waals surface area contributed by atoms with Crippen LogP contribution in [0.25, 0.3) is 0 Å². The van der Waals surface area contributed by atoms with Crippen LogP contribution in [0.1, 0.15) is 0 Å². The van der Waals surface area contributed by atoms with Crippen LogP contribution < -0.4 is 16.0 Å². The van der Waals surface area contributed by atoms with E-state index in [1.54, 1.807) is 36.5 Å². The first-order chi connectivity index (χ1) is 12.7. The number of hydrogen-bond acceptors (Lipinski definition) is 5. The van der Waals surface area contributed by atoms with E-state index in [4.69, 9.17) is 9.11 Å². The van der Waals surface area contributed by atoms with Gasteiger partial charge in [-0.1, -0.05) is 30.3 Å². The molecular weight excluding hydrogens is 409 g/mol. The highest BCUT2D eigenvalue weighted by Crippen LogP contribution is 2.32. The monoisotopic (exact) mass is 423 g/mol. The van der Waals surface area contributed by atoms with Gasteiger partial charge in [-0.15, -0.1) is 0 Å². The van der Waals surface area contributed by atoms with Crippen LogP contribution in [-0.2, 0) is 20.2 Å². The van der Waals surface area contributed by atoms with Crippen molar-refractivity contribution in [3.63, 3.8) is 0 Å². The fraction of sp³-hybridized carbons (Fsp3) is 0. The smallest absolute Gasteiger partial charge is 0.282 e. The predicted molar refractivity (Wildman–Crippen MR) is 103 cm³/mol. The molecule has 0 aliphatic carbocycles. The van der Waals surface area contributed by atoms with Crippen LogP contribution in [-0.4, -0.2) is 30.9 Å². The third-order valence-corrected chi connectivity index (χ3v) is 7.75. The molecule has 0 aliphatic rings. The molecule has 0 bridgehead atoms. The van der Waals surface area contributed by atoms with Gasteiger partial charge in [0.25, 0.3) is 20.2 Å². The maximum absolute atomic E-state index is 11.3. The normalized spacial score (nSPS) is 12.3. The molecule has 7 nitrogen and oxygen atoms in total. The van der Waals surface area contributed by atoms with Crippen molar-refractivity contribution in [1.29, 1.82) is 0 Å². The van der Waals surface area contributed by atoms with Gasteiger partial charge in [-0.2, -0.15) is 16.8 Å². The van der Waals surface area contributed by atoms with E-state index in [0.29, 0.717) is 0 Å². The summed E-state index contributed by atoms with van der Waals surface area (Å²) in [5.74, 6) is 0. The Hall–Kier alpha value is -2.16. The summed E-state index contributed by atoms with van der Waals surface area (Å²) in [6.07, 6.45) is 1.63. The zero-order valence-corrected chi connectivity index (χ0v) is 16.2. The summed E-state index contributed by atoms with van der Waals surface area (Å²) in [6, 6.07) is 16.9. The van der Waals surface area contributed by atoms with Gasteiger partial charge >= 0.3 is 0 Å². The summed E-state index contributed by atoms with van der Waals surface area (Å²) in [5, 5.41) is 1.52. The topological polar surface area (TPSA) is 122 Å². The molecule has 3 rings (SSSR count). The van der Waals surface area contributed by atoms with Crippen LogP contribution in [0.2, 0.25) is 0 Å². The Morgan fingerprint density at radius 2 is 1.11 bits per heavy atom. The molecule has 0 unspecified atom stereocenters. The number of aromatic nitrogens is 1. The Morgan fingerprint density at radius 1 is 0.667 bits per heavy atom. The number of hydrogen-bond donors (Lipinski definition) is 2. The van der Waals surface area contributed by atoms with Gasteiger partial charge in [0, 0.05) is 14.1 Å². The highest BCUT2D eigenvalue weighted by atomic mass is 32.2. The molecule has 0 atom stereocenters. The second kappa shape index (κ2) is 7.46. The van der Waals surface area contributed by atoms with Crippen molar-refractivity contribution in [3.8, 4) is 0 Å². The van der Waals surface area contributed by atoms with Gasteiger partial charge in [-0.05, 0) is 47.0 Å². The fourth-order valence-electron chi connectivity index (χ4n) is 2.43. The minimum atomic E-state index is -4.30. The second-order valence-electron chi connectivity index (χ2n) is 5.46. The highest BCUT2D eigenvalue weighted by Gasteiger charge is 2.20. The lowest BCUT2D eigenvalue weighted by molar-refractivity contribution is 0.481. The van der Waals surface area contributed by atoms with Gasteiger partial charge < -0.3 is 0 Å². The average Bonchev–Trinajstić information content (AvgIpc) is 2.62. The van der Waals surface area contributed by atoms with Gasteiger partial charge in [0.1, 0.15) is 0 Å². The van der Waals surface area contributed by atoms with Crippen LogP contribution in [0.15, 0.2) is 82.7 Å². The van der Waals surface area contributed by atoms with Crippen molar-refractivity contribution in [1.82, 2.24) is 4.98 Å². The fourth-order valence-corrected chi connectivity index (χ4v) is 5.53. The van der Waals surface area contributed by atoms with Crippen LogP contribution in [0.3, 0.4) is 0 Å². The Labute approximate surface area is 158 Å². The Kier molecular flexibility index (Phi) is 5.41. The van der Waals surface area contributed by atoms with Crippen molar-refractivity contribution < 1.29 is 25.9 Å². The lowest BCUT2D eigenvalue weighted by atomic mass is 10.4. The molecule has 1 heterocycles. The minimum Gasteiger partial charge on any atom is -0.282 e. The molecule has 0 saturated carbocycles. The van der Waals surface area contributed by atoms with Gasteiger partial charge in [0.05, 0.1) is 15.2 Å². The van der Waals surface area contributed by atoms with E-state index in [1.165, 1.54) is 24.3 Å². The van der Waals surface area contributed by atoms with E-state index < -0.39 is 28.2 Å². The van der Waals surface area contributed by atoms with Crippen LogP contribution >= 0.6 is 7.92 Å². The lowest BCUT2D eigenvalue weighted by Gasteiger charge is -2.18. The van der Waals surface area contributed by atoms with E-state index in [9.17, 15) is 16.8 Å². The summed E-state index contributed by atoms with van der Waals surface area (Å²) < 4.78 is 63.3. The summed E-state index contributed by atoms with van der Waals surface area (Å²) in [4.78, 5) is 3.93. The summed E-state index contributed by atoms with van der Waals surface area (Å²) in [6.45, 7) is 0. The quantitative estimate of drug-likeness (QED) is 0.469. The third kappa shape index (κ3) is 4.58. The van der Waals surface area contributed by atoms with Crippen LogP contribution in [0.4, 0.5) is 0 Å². The molecule has 3 aromatic rings. The van der Waals surface area contributed by atoms with Crippen LogP contribution in [0.5, 0.6) is 0 Å². The molecule has 2 N–H and O–H groups in total. The summed E-state index contributed by atoms with van der Waals surface area (Å²) >= 11 is 0. The maximum atomic E-state index is 11.3. The molecule has 0 radical (unpaired) electrons. The molecule has 2 aromatic carbocycles. The number of benzene rings is 2. The number of rotatable bonds is 5. The van der Waals surface area contributed by atoms with Gasteiger partial charge in [0.2, 0.25) is 0 Å². The maximum Gasteiger partial charge on any atom is 0.294 e. The Bertz CT molecular complexity index is 1070. The standard InChI is InChI=1S/C17H14NO6PS2/c19-26(20,21)15-8-4-13(5-9-15)25(17-3-1-2-12-18-17)14-6-10-16(11-7-14)27(22,23)24/h1-12H,(H,19,20,21)(H,22,23,24). The Balaban J connectivity index is 2.10. The second-order valence-corrected chi connectivity index (χ2v) is 10.5. The Morgan fingerprint density at radius 3 is 1.44 bits per heavy atom. The van der Waals surface area contributed by atoms with Gasteiger partial charge in [0.15, 0.2) is 0 Å². The summed E-state index contributed by atoms with van der Waals surface area (Å²) in [5.41, 5.74) is 0.728. The molecular formula is C17H14NO6PS2. The number of pyridine rings is 1. The first-order valence-corrected chi connectivity index (χ1v) is 11.7. The SMILES string of the molecule is O=S(=O)(O)c1ccc(P(c2ccc(S(=O)(=O)O)cc2)c2ccccn2)cc1. The number of nitrogens with zero attached hydrogens (tertiary/aromatic N) is 1.